The highest BCUT2D eigenvalue weighted by molar-refractivity contribution is 6.02. The highest BCUT2D eigenvalue weighted by atomic mass is 16.3. The second-order valence-electron chi connectivity index (χ2n) is 4.44. The van der Waals surface area contributed by atoms with Crippen LogP contribution in [0.25, 0.3) is 0 Å². The standard InChI is InChI=1S/C13H16O2/c1-10-5-4-6-11(9-10)12(14)13(15)7-2-3-8-13/h4-6,9,15H,2-3,7-8H2,1H3. The van der Waals surface area contributed by atoms with Gasteiger partial charge in [-0.05, 0) is 38.7 Å². The summed E-state index contributed by atoms with van der Waals surface area (Å²) in [5.74, 6) is -0.108. The Kier molecular flexibility index (Phi) is 2.61. The second-order valence-corrected chi connectivity index (χ2v) is 4.44. The van der Waals surface area contributed by atoms with Crippen LogP contribution in [-0.4, -0.2) is 16.5 Å². The molecule has 0 radical (unpaired) electrons. The number of carbonyl (C=O) groups is 1. The van der Waals surface area contributed by atoms with Gasteiger partial charge in [-0.2, -0.15) is 0 Å². The third-order valence-electron chi connectivity index (χ3n) is 3.13. The van der Waals surface area contributed by atoms with Gasteiger partial charge in [-0.1, -0.05) is 23.8 Å². The third-order valence-corrected chi connectivity index (χ3v) is 3.13. The average molecular weight is 204 g/mol. The molecule has 0 saturated heterocycles. The van der Waals surface area contributed by atoms with Crippen LogP contribution in [0.3, 0.4) is 0 Å². The summed E-state index contributed by atoms with van der Waals surface area (Å²) in [7, 11) is 0. The van der Waals surface area contributed by atoms with Gasteiger partial charge in [-0.25, -0.2) is 0 Å². The fraction of sp³-hybridized carbons (Fsp3) is 0.462. The van der Waals surface area contributed by atoms with E-state index in [9.17, 15) is 9.90 Å². The van der Waals surface area contributed by atoms with E-state index in [0.717, 1.165) is 18.4 Å². The number of Topliss-reactive ketones (excluding diaryl/α,β-unsaturated/α-hetero) is 1. The summed E-state index contributed by atoms with van der Waals surface area (Å²) in [5, 5.41) is 10.2. The van der Waals surface area contributed by atoms with Crippen LogP contribution in [-0.2, 0) is 0 Å². The van der Waals surface area contributed by atoms with E-state index in [1.807, 2.05) is 25.1 Å². The molecule has 15 heavy (non-hydrogen) atoms. The van der Waals surface area contributed by atoms with Gasteiger partial charge >= 0.3 is 0 Å². The van der Waals surface area contributed by atoms with Crippen molar-refractivity contribution in [3.8, 4) is 0 Å². The smallest absolute Gasteiger partial charge is 0.194 e. The number of benzene rings is 1. The van der Waals surface area contributed by atoms with E-state index in [1.54, 1.807) is 6.07 Å². The number of aryl methyl sites for hydroxylation is 1. The van der Waals surface area contributed by atoms with Crippen LogP contribution in [0.2, 0.25) is 0 Å². The summed E-state index contributed by atoms with van der Waals surface area (Å²) in [5.41, 5.74) is 0.607. The lowest BCUT2D eigenvalue weighted by molar-refractivity contribution is 0.0353. The molecule has 1 aliphatic carbocycles. The molecule has 2 rings (SSSR count). The zero-order valence-corrected chi connectivity index (χ0v) is 8.99. The first-order valence-corrected chi connectivity index (χ1v) is 5.46. The van der Waals surface area contributed by atoms with Crippen molar-refractivity contribution in [3.05, 3.63) is 35.4 Å². The molecule has 1 aliphatic rings. The Balaban J connectivity index is 2.27. The predicted octanol–water partition coefficient (Wildman–Crippen LogP) is 2.48. The predicted molar refractivity (Wildman–Crippen MR) is 58.9 cm³/mol. The van der Waals surface area contributed by atoms with E-state index < -0.39 is 5.60 Å². The summed E-state index contributed by atoms with van der Waals surface area (Å²) in [6, 6.07) is 7.45. The quantitative estimate of drug-likeness (QED) is 0.751. The maximum atomic E-state index is 12.1. The molecule has 1 aromatic rings. The molecule has 1 fully saturated rings. The number of hydrogen-bond donors (Lipinski definition) is 1. The lowest BCUT2D eigenvalue weighted by atomic mass is 9.91. The van der Waals surface area contributed by atoms with Crippen LogP contribution < -0.4 is 0 Å². The lowest BCUT2D eigenvalue weighted by Gasteiger charge is -2.20. The third kappa shape index (κ3) is 1.95. The van der Waals surface area contributed by atoms with E-state index in [-0.39, 0.29) is 5.78 Å². The number of ketones is 1. The van der Waals surface area contributed by atoms with Crippen LogP contribution >= 0.6 is 0 Å². The molecule has 0 heterocycles. The Hall–Kier alpha value is -1.15. The van der Waals surface area contributed by atoms with Crippen molar-refractivity contribution in [2.45, 2.75) is 38.2 Å². The zero-order valence-electron chi connectivity index (χ0n) is 8.99. The average Bonchev–Trinajstić information content (AvgIpc) is 2.65. The zero-order chi connectivity index (χ0) is 10.9. The molecule has 1 N–H and O–H groups in total. The molecule has 0 aromatic heterocycles. The molecule has 2 heteroatoms. The summed E-state index contributed by atoms with van der Waals surface area (Å²) >= 11 is 0. The van der Waals surface area contributed by atoms with Crippen molar-refractivity contribution < 1.29 is 9.90 Å². The van der Waals surface area contributed by atoms with Crippen molar-refractivity contribution in [2.24, 2.45) is 0 Å². The highest BCUT2D eigenvalue weighted by Crippen LogP contribution is 2.32. The van der Waals surface area contributed by atoms with Crippen molar-refractivity contribution in [3.63, 3.8) is 0 Å². The summed E-state index contributed by atoms with van der Waals surface area (Å²) in [6.45, 7) is 1.95. The molecule has 0 atom stereocenters. The molecule has 0 amide bonds. The maximum Gasteiger partial charge on any atom is 0.194 e. The van der Waals surface area contributed by atoms with E-state index in [4.69, 9.17) is 0 Å². The molecule has 0 spiro atoms. The second kappa shape index (κ2) is 3.78. The highest BCUT2D eigenvalue weighted by Gasteiger charge is 2.38. The number of rotatable bonds is 2. The molecule has 1 aromatic carbocycles. The lowest BCUT2D eigenvalue weighted by Crippen LogP contribution is -2.35. The fourth-order valence-corrected chi connectivity index (χ4v) is 2.24. The van der Waals surface area contributed by atoms with Gasteiger partial charge in [-0.3, -0.25) is 4.79 Å². The molecule has 80 valence electrons. The normalized spacial score (nSPS) is 19.1. The largest absolute Gasteiger partial charge is 0.382 e. The van der Waals surface area contributed by atoms with E-state index >= 15 is 0 Å². The van der Waals surface area contributed by atoms with Gasteiger partial charge in [0.1, 0.15) is 5.60 Å². The van der Waals surface area contributed by atoms with Crippen molar-refractivity contribution in [1.82, 2.24) is 0 Å². The molecule has 0 aliphatic heterocycles. The molecule has 1 saturated carbocycles. The minimum atomic E-state index is -1.09. The Labute approximate surface area is 89.9 Å². The topological polar surface area (TPSA) is 37.3 Å². The van der Waals surface area contributed by atoms with Gasteiger partial charge in [-0.15, -0.1) is 0 Å². The van der Waals surface area contributed by atoms with Gasteiger partial charge in [0.2, 0.25) is 0 Å². The van der Waals surface area contributed by atoms with Gasteiger partial charge in [0.05, 0.1) is 0 Å². The van der Waals surface area contributed by atoms with Gasteiger partial charge in [0, 0.05) is 5.56 Å². The van der Waals surface area contributed by atoms with Gasteiger partial charge in [0.15, 0.2) is 5.78 Å². The van der Waals surface area contributed by atoms with Crippen LogP contribution in [0, 0.1) is 6.92 Å². The first-order chi connectivity index (χ1) is 7.12. The van der Waals surface area contributed by atoms with E-state index in [2.05, 4.69) is 0 Å². The van der Waals surface area contributed by atoms with Crippen LogP contribution in [0.5, 0.6) is 0 Å². The van der Waals surface area contributed by atoms with Crippen molar-refractivity contribution >= 4 is 5.78 Å². The SMILES string of the molecule is Cc1cccc(C(=O)C2(O)CCCC2)c1. The molecule has 2 nitrogen and oxygen atoms in total. The molecular formula is C13H16O2. The monoisotopic (exact) mass is 204 g/mol. The Bertz CT molecular complexity index is 376. The minimum Gasteiger partial charge on any atom is -0.382 e. The van der Waals surface area contributed by atoms with Crippen LogP contribution in [0.15, 0.2) is 24.3 Å². The van der Waals surface area contributed by atoms with E-state index in [0.29, 0.717) is 18.4 Å². The minimum absolute atomic E-state index is 0.108. The molecule has 0 bridgehead atoms. The fourth-order valence-electron chi connectivity index (χ4n) is 2.24. The first-order valence-electron chi connectivity index (χ1n) is 5.46. The summed E-state index contributed by atoms with van der Waals surface area (Å²) in [6.07, 6.45) is 3.13. The summed E-state index contributed by atoms with van der Waals surface area (Å²) < 4.78 is 0. The number of hydrogen-bond acceptors (Lipinski definition) is 2. The molecular weight excluding hydrogens is 188 g/mol. The van der Waals surface area contributed by atoms with Gasteiger partial charge < -0.3 is 5.11 Å². The first kappa shape index (κ1) is 10.4. The summed E-state index contributed by atoms with van der Waals surface area (Å²) in [4.78, 5) is 12.1. The van der Waals surface area contributed by atoms with Crippen LogP contribution in [0.1, 0.15) is 41.6 Å². The van der Waals surface area contributed by atoms with E-state index in [1.165, 1.54) is 0 Å². The Morgan fingerprint density at radius 1 is 1.33 bits per heavy atom. The van der Waals surface area contributed by atoms with Crippen molar-refractivity contribution in [1.29, 1.82) is 0 Å². The number of carbonyl (C=O) groups excluding carboxylic acids is 1. The Morgan fingerprint density at radius 2 is 2.00 bits per heavy atom. The maximum absolute atomic E-state index is 12.1. The number of aliphatic hydroxyl groups is 1. The molecule has 0 unspecified atom stereocenters. The van der Waals surface area contributed by atoms with Gasteiger partial charge in [0.25, 0.3) is 0 Å². The van der Waals surface area contributed by atoms with Crippen molar-refractivity contribution in [2.75, 3.05) is 0 Å². The van der Waals surface area contributed by atoms with Crippen LogP contribution in [0.4, 0.5) is 0 Å². The Morgan fingerprint density at radius 3 is 2.60 bits per heavy atom.